The van der Waals surface area contributed by atoms with Gasteiger partial charge in [-0.15, -0.1) is 0 Å². The van der Waals surface area contributed by atoms with E-state index in [2.05, 4.69) is 14.1 Å². The van der Waals surface area contributed by atoms with E-state index in [1.165, 1.54) is 4.31 Å². The summed E-state index contributed by atoms with van der Waals surface area (Å²) >= 11 is 0.980. The van der Waals surface area contributed by atoms with Crippen LogP contribution in [0.2, 0.25) is 0 Å². The van der Waals surface area contributed by atoms with Crippen LogP contribution >= 0.6 is 11.7 Å². The van der Waals surface area contributed by atoms with E-state index in [9.17, 15) is 18.0 Å². The highest BCUT2D eigenvalue weighted by Gasteiger charge is 2.35. The lowest BCUT2D eigenvalue weighted by Crippen LogP contribution is -2.50. The number of piperidine rings is 2. The topological polar surface area (TPSA) is 122 Å². The van der Waals surface area contributed by atoms with Gasteiger partial charge in [0.1, 0.15) is 15.9 Å². The number of likely N-dealkylation sites (tertiary alicyclic amines) is 1. The highest BCUT2D eigenvalue weighted by molar-refractivity contribution is 7.89. The third kappa shape index (κ3) is 4.71. The SMILES string of the molecule is CCOC(=O)N1CCC(NC(=O)[C@H]2CCCN(S(=O)(=O)c3cccc4nsnc34)C2)CC1. The minimum Gasteiger partial charge on any atom is -0.450 e. The van der Waals surface area contributed by atoms with E-state index in [4.69, 9.17) is 4.74 Å². The number of nitrogens with zero attached hydrogens (tertiary/aromatic N) is 4. The highest BCUT2D eigenvalue weighted by Crippen LogP contribution is 2.28. The zero-order chi connectivity index (χ0) is 22.7. The molecule has 1 aromatic carbocycles. The van der Waals surface area contributed by atoms with Crippen molar-refractivity contribution in [3.05, 3.63) is 18.2 Å². The maximum Gasteiger partial charge on any atom is 0.409 e. The molecule has 1 N–H and O–H groups in total. The number of ether oxygens (including phenoxy) is 1. The summed E-state index contributed by atoms with van der Waals surface area (Å²) in [6, 6.07) is 4.90. The van der Waals surface area contributed by atoms with Gasteiger partial charge in [-0.1, -0.05) is 6.07 Å². The van der Waals surface area contributed by atoms with E-state index >= 15 is 0 Å². The molecule has 1 aromatic heterocycles. The average molecular weight is 482 g/mol. The summed E-state index contributed by atoms with van der Waals surface area (Å²) in [6.45, 7) is 3.68. The standard InChI is InChI=1S/C20H27N5O5S2/c1-2-30-20(27)24-11-8-15(9-12-24)21-19(26)14-5-4-10-25(13-14)32(28,29)17-7-3-6-16-18(17)23-31-22-16/h3,6-7,14-15H,2,4-5,8-13H2,1H3,(H,21,26)/t14-/m0/s1. The van der Waals surface area contributed by atoms with Gasteiger partial charge in [-0.3, -0.25) is 4.79 Å². The van der Waals surface area contributed by atoms with Crippen LogP contribution in [0.15, 0.2) is 23.1 Å². The molecule has 0 spiro atoms. The third-order valence-electron chi connectivity index (χ3n) is 5.99. The number of benzene rings is 1. The Morgan fingerprint density at radius 1 is 1.19 bits per heavy atom. The molecular weight excluding hydrogens is 454 g/mol. The molecule has 32 heavy (non-hydrogen) atoms. The highest BCUT2D eigenvalue weighted by atomic mass is 32.2. The van der Waals surface area contributed by atoms with Crippen LogP contribution in [0, 0.1) is 5.92 Å². The normalized spacial score (nSPS) is 20.9. The van der Waals surface area contributed by atoms with Gasteiger partial charge in [-0.05, 0) is 44.7 Å². The number of sulfonamides is 1. The van der Waals surface area contributed by atoms with Crippen LogP contribution in [-0.4, -0.2) is 77.2 Å². The summed E-state index contributed by atoms with van der Waals surface area (Å²) in [4.78, 5) is 26.5. The van der Waals surface area contributed by atoms with E-state index < -0.39 is 15.9 Å². The second kappa shape index (κ2) is 9.67. The number of rotatable bonds is 5. The fourth-order valence-electron chi connectivity index (χ4n) is 4.24. The molecular formula is C20H27N5O5S2. The lowest BCUT2D eigenvalue weighted by atomic mass is 9.97. The molecule has 2 saturated heterocycles. The Bertz CT molecular complexity index is 1080. The number of hydrogen-bond acceptors (Lipinski definition) is 8. The first-order valence-electron chi connectivity index (χ1n) is 10.8. The van der Waals surface area contributed by atoms with Crippen molar-refractivity contribution in [3.63, 3.8) is 0 Å². The fourth-order valence-corrected chi connectivity index (χ4v) is 6.52. The number of nitrogens with one attached hydrogen (secondary N) is 1. The van der Waals surface area contributed by atoms with Gasteiger partial charge in [-0.25, -0.2) is 13.2 Å². The van der Waals surface area contributed by atoms with Crippen molar-refractivity contribution in [1.82, 2.24) is 23.3 Å². The van der Waals surface area contributed by atoms with Crippen LogP contribution in [0.25, 0.3) is 11.0 Å². The van der Waals surface area contributed by atoms with E-state index in [1.807, 2.05) is 0 Å². The van der Waals surface area contributed by atoms with Crippen molar-refractivity contribution < 1.29 is 22.7 Å². The quantitative estimate of drug-likeness (QED) is 0.691. The zero-order valence-electron chi connectivity index (χ0n) is 17.9. The lowest BCUT2D eigenvalue weighted by Gasteiger charge is -2.34. The van der Waals surface area contributed by atoms with Gasteiger partial charge in [-0.2, -0.15) is 13.1 Å². The molecule has 3 heterocycles. The van der Waals surface area contributed by atoms with Crippen LogP contribution in [0.3, 0.4) is 0 Å². The van der Waals surface area contributed by atoms with E-state index in [-0.39, 0.29) is 29.5 Å². The van der Waals surface area contributed by atoms with Crippen molar-refractivity contribution in [2.45, 2.75) is 43.5 Å². The Morgan fingerprint density at radius 2 is 1.97 bits per heavy atom. The lowest BCUT2D eigenvalue weighted by molar-refractivity contribution is -0.127. The van der Waals surface area contributed by atoms with Gasteiger partial charge in [0, 0.05) is 32.2 Å². The molecule has 0 unspecified atom stereocenters. The van der Waals surface area contributed by atoms with Crippen LogP contribution in [0.1, 0.15) is 32.6 Å². The first kappa shape index (κ1) is 22.9. The minimum atomic E-state index is -3.78. The molecule has 4 rings (SSSR count). The van der Waals surface area contributed by atoms with Crippen LogP contribution in [0.4, 0.5) is 4.79 Å². The Labute approximate surface area is 191 Å². The van der Waals surface area contributed by atoms with Gasteiger partial charge in [0.15, 0.2) is 0 Å². The second-order valence-corrected chi connectivity index (χ2v) is 10.5. The minimum absolute atomic E-state index is 0.0324. The van der Waals surface area contributed by atoms with Gasteiger partial charge in [0.05, 0.1) is 24.3 Å². The van der Waals surface area contributed by atoms with Crippen LogP contribution < -0.4 is 5.32 Å². The van der Waals surface area contributed by atoms with Crippen LogP contribution in [-0.2, 0) is 19.6 Å². The number of aromatic nitrogens is 2. The summed E-state index contributed by atoms with van der Waals surface area (Å²) < 4.78 is 41.3. The maximum absolute atomic E-state index is 13.3. The molecule has 1 atom stereocenters. The monoisotopic (exact) mass is 481 g/mol. The number of amides is 2. The molecule has 0 saturated carbocycles. The fraction of sp³-hybridized carbons (Fsp3) is 0.600. The molecule has 0 radical (unpaired) electrons. The van der Waals surface area contributed by atoms with E-state index in [0.29, 0.717) is 63.0 Å². The molecule has 2 aliphatic heterocycles. The van der Waals surface area contributed by atoms with Crippen LogP contribution in [0.5, 0.6) is 0 Å². The summed E-state index contributed by atoms with van der Waals surface area (Å²) in [5.74, 6) is -0.539. The van der Waals surface area contributed by atoms with Gasteiger partial charge in [0.2, 0.25) is 15.9 Å². The number of carbonyl (C=O) groups excluding carboxylic acids is 2. The van der Waals surface area contributed by atoms with Crippen molar-refractivity contribution in [2.75, 3.05) is 32.8 Å². The molecule has 174 valence electrons. The molecule has 12 heteroatoms. The Kier molecular flexibility index (Phi) is 6.91. The van der Waals surface area contributed by atoms with E-state index in [0.717, 1.165) is 11.7 Å². The molecule has 0 aliphatic carbocycles. The summed E-state index contributed by atoms with van der Waals surface area (Å²) in [6.07, 6.45) is 2.23. The summed E-state index contributed by atoms with van der Waals surface area (Å²) in [5.41, 5.74) is 0.925. The predicted molar refractivity (Wildman–Crippen MR) is 119 cm³/mol. The van der Waals surface area contributed by atoms with E-state index in [1.54, 1.807) is 30.0 Å². The first-order chi connectivity index (χ1) is 15.4. The third-order valence-corrected chi connectivity index (χ3v) is 8.43. The average Bonchev–Trinajstić information content (AvgIpc) is 3.28. The smallest absolute Gasteiger partial charge is 0.409 e. The van der Waals surface area contributed by atoms with Gasteiger partial charge < -0.3 is 15.0 Å². The molecule has 2 aromatic rings. The maximum atomic E-state index is 13.3. The summed E-state index contributed by atoms with van der Waals surface area (Å²) in [5, 5.41) is 3.06. The molecule has 2 aliphatic rings. The predicted octanol–water partition coefficient (Wildman–Crippen LogP) is 1.83. The van der Waals surface area contributed by atoms with Gasteiger partial charge >= 0.3 is 6.09 Å². The molecule has 0 bridgehead atoms. The Morgan fingerprint density at radius 3 is 2.72 bits per heavy atom. The van der Waals surface area contributed by atoms with Crippen molar-refractivity contribution in [3.8, 4) is 0 Å². The number of fused-ring (bicyclic) bond motifs is 1. The Hall–Kier alpha value is -2.31. The van der Waals surface area contributed by atoms with Crippen molar-refractivity contribution >= 4 is 44.8 Å². The molecule has 10 nitrogen and oxygen atoms in total. The molecule has 2 fully saturated rings. The largest absolute Gasteiger partial charge is 0.450 e. The summed E-state index contributed by atoms with van der Waals surface area (Å²) in [7, 11) is -3.78. The number of carbonyl (C=O) groups is 2. The second-order valence-electron chi connectivity index (χ2n) is 8.06. The zero-order valence-corrected chi connectivity index (χ0v) is 19.5. The van der Waals surface area contributed by atoms with Crippen molar-refractivity contribution in [1.29, 1.82) is 0 Å². The van der Waals surface area contributed by atoms with Gasteiger partial charge in [0.25, 0.3) is 0 Å². The van der Waals surface area contributed by atoms with Crippen molar-refractivity contribution in [2.24, 2.45) is 5.92 Å². The number of hydrogen-bond donors (Lipinski definition) is 1. The first-order valence-corrected chi connectivity index (χ1v) is 13.0. The molecule has 2 amide bonds. The Balaban J connectivity index is 1.37.